The van der Waals surface area contributed by atoms with Gasteiger partial charge in [0.2, 0.25) is 0 Å². The van der Waals surface area contributed by atoms with Crippen molar-refractivity contribution >= 4 is 17.8 Å². The van der Waals surface area contributed by atoms with Gasteiger partial charge in [-0.1, -0.05) is 31.9 Å². The lowest BCUT2D eigenvalue weighted by atomic mass is 10.1. The normalized spacial score (nSPS) is 15.5. The van der Waals surface area contributed by atoms with E-state index in [2.05, 4.69) is 0 Å². The Morgan fingerprint density at radius 2 is 1.74 bits per heavy atom. The minimum Gasteiger partial charge on any atom is -0.548 e. The number of unbranched alkanes of at least 4 members (excludes halogenated alkanes) is 1. The van der Waals surface area contributed by atoms with Crippen molar-refractivity contribution in [2.24, 2.45) is 0 Å². The maximum atomic E-state index is 12.1. The third-order valence-corrected chi connectivity index (χ3v) is 3.24. The molecule has 0 N–H and O–H groups in total. The van der Waals surface area contributed by atoms with Gasteiger partial charge in [0, 0.05) is 0 Å². The number of benzene rings is 1. The van der Waals surface area contributed by atoms with Gasteiger partial charge in [-0.2, -0.15) is 0 Å². The van der Waals surface area contributed by atoms with Crippen molar-refractivity contribution in [1.29, 1.82) is 0 Å². The Morgan fingerprint density at radius 3 is 2.16 bits per heavy atom. The number of carbonyl (C=O) groups excluding carboxylic acids is 3. The van der Waals surface area contributed by atoms with Crippen LogP contribution in [-0.4, -0.2) is 28.7 Å². The van der Waals surface area contributed by atoms with Gasteiger partial charge in [-0.25, -0.2) is 0 Å². The molecule has 1 heterocycles. The molecule has 19 heavy (non-hydrogen) atoms. The predicted molar refractivity (Wildman–Crippen MR) is 65.3 cm³/mol. The lowest BCUT2D eigenvalue weighted by molar-refractivity contribution is -0.310. The molecule has 1 atom stereocenters. The molecule has 0 saturated heterocycles. The number of hydrogen-bond acceptors (Lipinski definition) is 4. The first-order valence-electron chi connectivity index (χ1n) is 6.25. The quantitative estimate of drug-likeness (QED) is 0.726. The van der Waals surface area contributed by atoms with E-state index in [1.807, 2.05) is 6.92 Å². The molecule has 0 bridgehead atoms. The summed E-state index contributed by atoms with van der Waals surface area (Å²) in [6.45, 7) is 1.91. The molecule has 1 aliphatic heterocycles. The van der Waals surface area contributed by atoms with Crippen LogP contribution in [0.5, 0.6) is 0 Å². The van der Waals surface area contributed by atoms with Gasteiger partial charge in [-0.05, 0) is 18.6 Å². The Hall–Kier alpha value is -2.17. The largest absolute Gasteiger partial charge is 0.548 e. The molecular weight excluding hydrogens is 246 g/mol. The number of rotatable bonds is 5. The Balaban J connectivity index is 2.33. The lowest BCUT2D eigenvalue weighted by Crippen LogP contribution is -2.50. The van der Waals surface area contributed by atoms with E-state index in [0.29, 0.717) is 6.42 Å². The predicted octanol–water partition coefficient (Wildman–Crippen LogP) is 0.591. The van der Waals surface area contributed by atoms with Crippen LogP contribution in [-0.2, 0) is 4.79 Å². The zero-order valence-electron chi connectivity index (χ0n) is 10.6. The van der Waals surface area contributed by atoms with Crippen molar-refractivity contribution in [2.45, 2.75) is 32.2 Å². The average molecular weight is 260 g/mol. The van der Waals surface area contributed by atoms with E-state index >= 15 is 0 Å². The fourth-order valence-electron chi connectivity index (χ4n) is 2.24. The summed E-state index contributed by atoms with van der Waals surface area (Å²) in [5.74, 6) is -2.49. The Bertz CT molecular complexity index is 503. The highest BCUT2D eigenvalue weighted by Gasteiger charge is 2.39. The summed E-state index contributed by atoms with van der Waals surface area (Å²) >= 11 is 0. The third kappa shape index (κ3) is 2.23. The Labute approximate surface area is 110 Å². The van der Waals surface area contributed by atoms with E-state index in [-0.39, 0.29) is 17.5 Å². The van der Waals surface area contributed by atoms with Gasteiger partial charge >= 0.3 is 0 Å². The van der Waals surface area contributed by atoms with Crippen molar-refractivity contribution in [1.82, 2.24) is 4.90 Å². The Kier molecular flexibility index (Phi) is 3.64. The summed E-state index contributed by atoms with van der Waals surface area (Å²) in [5.41, 5.74) is 0.519. The van der Waals surface area contributed by atoms with Crippen LogP contribution in [0.1, 0.15) is 46.9 Å². The molecule has 0 fully saturated rings. The molecule has 0 aromatic heterocycles. The minimum atomic E-state index is -1.39. The fraction of sp³-hybridized carbons (Fsp3) is 0.357. The summed E-state index contributed by atoms with van der Waals surface area (Å²) < 4.78 is 0. The minimum absolute atomic E-state index is 0.226. The van der Waals surface area contributed by atoms with Crippen LogP contribution in [0, 0.1) is 0 Å². The topological polar surface area (TPSA) is 77.5 Å². The molecule has 0 spiro atoms. The van der Waals surface area contributed by atoms with Gasteiger partial charge in [-0.3, -0.25) is 14.5 Å². The average Bonchev–Trinajstić information content (AvgIpc) is 2.64. The fourth-order valence-corrected chi connectivity index (χ4v) is 2.24. The molecule has 100 valence electrons. The van der Waals surface area contributed by atoms with E-state index in [1.54, 1.807) is 12.1 Å². The van der Waals surface area contributed by atoms with E-state index in [0.717, 1.165) is 11.3 Å². The number of imide groups is 1. The highest BCUT2D eigenvalue weighted by molar-refractivity contribution is 6.22. The summed E-state index contributed by atoms with van der Waals surface area (Å²) in [4.78, 5) is 36.3. The van der Waals surface area contributed by atoms with E-state index < -0.39 is 23.8 Å². The first kappa shape index (κ1) is 13.3. The summed E-state index contributed by atoms with van der Waals surface area (Å²) in [5, 5.41) is 11.2. The number of carboxylic acid groups (broad SMARTS) is 1. The number of hydrogen-bond donors (Lipinski definition) is 0. The SMILES string of the molecule is CCCC[C@H](C(=O)[O-])N1C(=O)c2ccccc2C1=O. The third-order valence-electron chi connectivity index (χ3n) is 3.24. The van der Waals surface area contributed by atoms with Gasteiger partial charge in [0.05, 0.1) is 23.1 Å². The van der Waals surface area contributed by atoms with Crippen LogP contribution < -0.4 is 5.11 Å². The smallest absolute Gasteiger partial charge is 0.262 e. The van der Waals surface area contributed by atoms with E-state index in [1.165, 1.54) is 12.1 Å². The Morgan fingerprint density at radius 1 is 1.21 bits per heavy atom. The van der Waals surface area contributed by atoms with Crippen LogP contribution in [0.4, 0.5) is 0 Å². The van der Waals surface area contributed by atoms with Crippen molar-refractivity contribution < 1.29 is 19.5 Å². The molecule has 0 aliphatic carbocycles. The molecule has 2 rings (SSSR count). The van der Waals surface area contributed by atoms with Gasteiger partial charge in [-0.15, -0.1) is 0 Å². The van der Waals surface area contributed by atoms with Crippen molar-refractivity contribution in [3.63, 3.8) is 0 Å². The maximum absolute atomic E-state index is 12.1. The first-order chi connectivity index (χ1) is 9.07. The number of nitrogens with zero attached hydrogens (tertiary/aromatic N) is 1. The lowest BCUT2D eigenvalue weighted by Gasteiger charge is -2.26. The van der Waals surface area contributed by atoms with Gasteiger partial charge in [0.1, 0.15) is 0 Å². The molecule has 1 aromatic rings. The summed E-state index contributed by atoms with van der Waals surface area (Å²) in [6.07, 6.45) is 1.63. The van der Waals surface area contributed by atoms with Gasteiger partial charge in [0.25, 0.3) is 11.8 Å². The molecule has 1 aromatic carbocycles. The zero-order valence-corrected chi connectivity index (χ0v) is 10.6. The molecule has 5 heteroatoms. The highest BCUT2D eigenvalue weighted by Crippen LogP contribution is 2.25. The number of carbonyl (C=O) groups is 3. The monoisotopic (exact) mass is 260 g/mol. The van der Waals surface area contributed by atoms with E-state index in [9.17, 15) is 19.5 Å². The summed E-state index contributed by atoms with van der Waals surface area (Å²) in [7, 11) is 0. The molecule has 2 amide bonds. The zero-order chi connectivity index (χ0) is 14.0. The van der Waals surface area contributed by atoms with Crippen molar-refractivity contribution in [3.05, 3.63) is 35.4 Å². The second-order valence-corrected chi connectivity index (χ2v) is 4.50. The van der Waals surface area contributed by atoms with Gasteiger partial charge in [0.15, 0.2) is 0 Å². The second kappa shape index (κ2) is 5.22. The van der Waals surface area contributed by atoms with Gasteiger partial charge < -0.3 is 9.90 Å². The molecule has 0 unspecified atom stereocenters. The molecule has 0 radical (unpaired) electrons. The summed E-state index contributed by atoms with van der Waals surface area (Å²) in [6, 6.07) is 5.16. The first-order valence-corrected chi connectivity index (χ1v) is 6.25. The molecule has 5 nitrogen and oxygen atoms in total. The van der Waals surface area contributed by atoms with Crippen LogP contribution >= 0.6 is 0 Å². The van der Waals surface area contributed by atoms with Crippen LogP contribution in [0.3, 0.4) is 0 Å². The standard InChI is InChI=1S/C14H15NO4/c1-2-3-8-11(14(18)19)15-12(16)9-6-4-5-7-10(9)13(15)17/h4-7,11H,2-3,8H2,1H3,(H,18,19)/p-1/t11-/m1/s1. The number of carboxylic acids is 1. The van der Waals surface area contributed by atoms with Crippen molar-refractivity contribution in [2.75, 3.05) is 0 Å². The highest BCUT2D eigenvalue weighted by atomic mass is 16.4. The number of amides is 2. The van der Waals surface area contributed by atoms with Crippen LogP contribution in [0.25, 0.3) is 0 Å². The molecule has 0 saturated carbocycles. The molecule has 1 aliphatic rings. The molecular formula is C14H14NO4-. The number of fused-ring (bicyclic) bond motifs is 1. The second-order valence-electron chi connectivity index (χ2n) is 4.50. The maximum Gasteiger partial charge on any atom is 0.262 e. The van der Waals surface area contributed by atoms with Crippen LogP contribution in [0.2, 0.25) is 0 Å². The van der Waals surface area contributed by atoms with Crippen LogP contribution in [0.15, 0.2) is 24.3 Å². The van der Waals surface area contributed by atoms with Crippen molar-refractivity contribution in [3.8, 4) is 0 Å². The number of aliphatic carboxylic acids is 1. The van der Waals surface area contributed by atoms with E-state index in [4.69, 9.17) is 0 Å².